The molecule has 0 amide bonds. The van der Waals surface area contributed by atoms with Crippen molar-refractivity contribution in [1.29, 1.82) is 0 Å². The van der Waals surface area contributed by atoms with Gasteiger partial charge in [0.25, 0.3) is 0 Å². The van der Waals surface area contributed by atoms with E-state index >= 15 is 0 Å². The van der Waals surface area contributed by atoms with Crippen molar-refractivity contribution < 1.29 is 14.3 Å². The van der Waals surface area contributed by atoms with Gasteiger partial charge in [-0.05, 0) is 13.8 Å². The van der Waals surface area contributed by atoms with Gasteiger partial charge in [-0.15, -0.1) is 0 Å². The number of ether oxygens (including phenoxy) is 2. The molecule has 0 rings (SSSR count). The molecule has 0 fully saturated rings. The van der Waals surface area contributed by atoms with Gasteiger partial charge < -0.3 is 9.47 Å². The Bertz CT molecular complexity index is 88.3. The second-order valence-corrected chi connectivity index (χ2v) is 1.94. The number of hydrogen-bond acceptors (Lipinski definition) is 3. The van der Waals surface area contributed by atoms with Crippen LogP contribution in [0.25, 0.3) is 0 Å². The number of carbonyl (C=O) groups is 1. The van der Waals surface area contributed by atoms with Crippen LogP contribution in [-0.4, -0.2) is 25.8 Å². The van der Waals surface area contributed by atoms with Crippen LogP contribution in [0.1, 0.15) is 13.8 Å². The SMILES string of the molecule is COC(=O)COC(C)C. The van der Waals surface area contributed by atoms with Crippen LogP contribution < -0.4 is 0 Å². The third-order valence-corrected chi connectivity index (χ3v) is 0.762. The molecule has 0 bridgehead atoms. The second kappa shape index (κ2) is 4.32. The molecule has 0 aromatic heterocycles. The summed E-state index contributed by atoms with van der Waals surface area (Å²) in [6, 6.07) is 0. The lowest BCUT2D eigenvalue weighted by molar-refractivity contribution is -0.147. The molecule has 0 saturated carbocycles. The van der Waals surface area contributed by atoms with E-state index in [1.165, 1.54) is 7.11 Å². The molecule has 0 aliphatic heterocycles. The smallest absolute Gasteiger partial charge is 0.331 e. The predicted molar refractivity (Wildman–Crippen MR) is 33.1 cm³/mol. The molecule has 9 heavy (non-hydrogen) atoms. The summed E-state index contributed by atoms with van der Waals surface area (Å²) in [5.74, 6) is -0.330. The standard InChI is InChI=1S/C6H12O3/c1-5(2)9-4-6(7)8-3/h5H,4H2,1-3H3. The quantitative estimate of drug-likeness (QED) is 0.527. The van der Waals surface area contributed by atoms with Gasteiger partial charge in [-0.1, -0.05) is 0 Å². The zero-order chi connectivity index (χ0) is 7.28. The number of methoxy groups -OCH3 is 1. The number of carbonyl (C=O) groups excluding carboxylic acids is 1. The van der Waals surface area contributed by atoms with Crippen LogP contribution in [0.15, 0.2) is 0 Å². The molecule has 0 heterocycles. The maximum atomic E-state index is 10.4. The van der Waals surface area contributed by atoms with E-state index in [4.69, 9.17) is 4.74 Å². The average molecular weight is 132 g/mol. The molecule has 0 saturated heterocycles. The predicted octanol–water partition coefficient (Wildman–Crippen LogP) is 0.584. The van der Waals surface area contributed by atoms with Gasteiger partial charge in [-0.2, -0.15) is 0 Å². The summed E-state index contributed by atoms with van der Waals surface area (Å²) in [6.45, 7) is 3.78. The highest BCUT2D eigenvalue weighted by molar-refractivity contribution is 5.70. The van der Waals surface area contributed by atoms with Crippen molar-refractivity contribution in [2.75, 3.05) is 13.7 Å². The van der Waals surface area contributed by atoms with E-state index in [1.54, 1.807) is 0 Å². The van der Waals surface area contributed by atoms with E-state index in [0.717, 1.165) is 0 Å². The Morgan fingerprint density at radius 1 is 1.56 bits per heavy atom. The lowest BCUT2D eigenvalue weighted by Crippen LogP contribution is -2.14. The van der Waals surface area contributed by atoms with Gasteiger partial charge >= 0.3 is 5.97 Å². The molecular formula is C6H12O3. The van der Waals surface area contributed by atoms with Gasteiger partial charge in [0.15, 0.2) is 0 Å². The van der Waals surface area contributed by atoms with E-state index in [-0.39, 0.29) is 18.7 Å². The van der Waals surface area contributed by atoms with Crippen LogP contribution in [0, 0.1) is 0 Å². The minimum atomic E-state index is -0.330. The Balaban J connectivity index is 3.17. The molecule has 54 valence electrons. The molecule has 0 unspecified atom stereocenters. The molecule has 0 N–H and O–H groups in total. The van der Waals surface area contributed by atoms with Crippen LogP contribution >= 0.6 is 0 Å². The van der Waals surface area contributed by atoms with Crippen molar-refractivity contribution in [2.45, 2.75) is 20.0 Å². The summed E-state index contributed by atoms with van der Waals surface area (Å²) in [6.07, 6.45) is 0.0871. The highest BCUT2D eigenvalue weighted by Crippen LogP contribution is 1.86. The molecule has 0 radical (unpaired) electrons. The van der Waals surface area contributed by atoms with E-state index in [9.17, 15) is 4.79 Å². The van der Waals surface area contributed by atoms with Gasteiger partial charge in [0.05, 0.1) is 13.2 Å². The summed E-state index contributed by atoms with van der Waals surface area (Å²) in [5.41, 5.74) is 0. The molecule has 0 aliphatic carbocycles. The molecule has 0 aromatic rings. The third kappa shape index (κ3) is 5.30. The first-order valence-corrected chi connectivity index (χ1v) is 2.85. The Labute approximate surface area is 55.0 Å². The molecule has 3 nitrogen and oxygen atoms in total. The van der Waals surface area contributed by atoms with E-state index in [1.807, 2.05) is 13.8 Å². The summed E-state index contributed by atoms with van der Waals surface area (Å²) in [7, 11) is 1.34. The first kappa shape index (κ1) is 8.43. The fourth-order valence-electron chi connectivity index (χ4n) is 0.294. The summed E-state index contributed by atoms with van der Waals surface area (Å²) in [5, 5.41) is 0. The van der Waals surface area contributed by atoms with Gasteiger partial charge in [0.2, 0.25) is 0 Å². The zero-order valence-corrected chi connectivity index (χ0v) is 6.01. The summed E-state index contributed by atoms with van der Waals surface area (Å²) in [4.78, 5) is 10.4. The number of rotatable bonds is 3. The van der Waals surface area contributed by atoms with Crippen LogP contribution in [0.5, 0.6) is 0 Å². The van der Waals surface area contributed by atoms with E-state index in [2.05, 4.69) is 4.74 Å². The van der Waals surface area contributed by atoms with Gasteiger partial charge in [0, 0.05) is 0 Å². The van der Waals surface area contributed by atoms with Crippen molar-refractivity contribution in [1.82, 2.24) is 0 Å². The number of esters is 1. The Kier molecular flexibility index (Phi) is 4.05. The number of hydrogen-bond donors (Lipinski definition) is 0. The third-order valence-electron chi connectivity index (χ3n) is 0.762. The Morgan fingerprint density at radius 3 is 2.44 bits per heavy atom. The van der Waals surface area contributed by atoms with Crippen LogP contribution in [0.3, 0.4) is 0 Å². The van der Waals surface area contributed by atoms with Crippen molar-refractivity contribution in [2.24, 2.45) is 0 Å². The van der Waals surface area contributed by atoms with Gasteiger partial charge in [-0.3, -0.25) is 0 Å². The lowest BCUT2D eigenvalue weighted by atomic mass is 10.5. The second-order valence-electron chi connectivity index (χ2n) is 1.94. The molecule has 0 atom stereocenters. The first-order valence-electron chi connectivity index (χ1n) is 2.85. The molecule has 0 aromatic carbocycles. The Morgan fingerprint density at radius 2 is 2.11 bits per heavy atom. The largest absolute Gasteiger partial charge is 0.467 e. The fraction of sp³-hybridized carbons (Fsp3) is 0.833. The molecule has 0 spiro atoms. The average Bonchev–Trinajstić information content (AvgIpc) is 1.83. The van der Waals surface area contributed by atoms with Crippen LogP contribution in [0.4, 0.5) is 0 Å². The van der Waals surface area contributed by atoms with Crippen molar-refractivity contribution in [3.63, 3.8) is 0 Å². The minimum Gasteiger partial charge on any atom is -0.467 e. The molecular weight excluding hydrogens is 120 g/mol. The van der Waals surface area contributed by atoms with Crippen LogP contribution in [-0.2, 0) is 14.3 Å². The highest BCUT2D eigenvalue weighted by Gasteiger charge is 2.00. The highest BCUT2D eigenvalue weighted by atomic mass is 16.6. The van der Waals surface area contributed by atoms with Crippen molar-refractivity contribution >= 4 is 5.97 Å². The zero-order valence-electron chi connectivity index (χ0n) is 6.01. The van der Waals surface area contributed by atoms with E-state index in [0.29, 0.717) is 0 Å². The maximum Gasteiger partial charge on any atom is 0.331 e. The molecule has 0 aliphatic rings. The Hall–Kier alpha value is -0.570. The topological polar surface area (TPSA) is 35.5 Å². The van der Waals surface area contributed by atoms with Gasteiger partial charge in [-0.25, -0.2) is 4.79 Å². The summed E-state index contributed by atoms with van der Waals surface area (Å²) < 4.78 is 9.26. The normalized spacial score (nSPS) is 9.78. The first-order chi connectivity index (χ1) is 4.16. The van der Waals surface area contributed by atoms with E-state index < -0.39 is 0 Å². The monoisotopic (exact) mass is 132 g/mol. The summed E-state index contributed by atoms with van der Waals surface area (Å²) >= 11 is 0. The lowest BCUT2D eigenvalue weighted by Gasteiger charge is -2.04. The van der Waals surface area contributed by atoms with Crippen molar-refractivity contribution in [3.8, 4) is 0 Å². The van der Waals surface area contributed by atoms with Gasteiger partial charge in [0.1, 0.15) is 6.61 Å². The van der Waals surface area contributed by atoms with Crippen molar-refractivity contribution in [3.05, 3.63) is 0 Å². The molecule has 3 heteroatoms. The fourth-order valence-corrected chi connectivity index (χ4v) is 0.294. The maximum absolute atomic E-state index is 10.4. The minimum absolute atomic E-state index is 0.0498. The van der Waals surface area contributed by atoms with Crippen LogP contribution in [0.2, 0.25) is 0 Å².